The fourth-order valence-corrected chi connectivity index (χ4v) is 2.07. The van der Waals surface area contributed by atoms with E-state index in [1.165, 1.54) is 5.56 Å². The second kappa shape index (κ2) is 6.03. The fourth-order valence-electron chi connectivity index (χ4n) is 2.07. The first-order chi connectivity index (χ1) is 8.72. The summed E-state index contributed by atoms with van der Waals surface area (Å²) in [5.41, 5.74) is 2.10. The molecule has 0 aliphatic heterocycles. The summed E-state index contributed by atoms with van der Waals surface area (Å²) in [5.74, 6) is 0.798. The number of benzene rings is 1. The van der Waals surface area contributed by atoms with Crippen LogP contribution in [0.2, 0.25) is 0 Å². The van der Waals surface area contributed by atoms with E-state index < -0.39 is 0 Å². The molecule has 0 bridgehead atoms. The van der Waals surface area contributed by atoms with Gasteiger partial charge in [-0.05, 0) is 17.9 Å². The van der Waals surface area contributed by atoms with E-state index in [0.717, 1.165) is 24.1 Å². The molecule has 1 unspecified atom stereocenters. The molecule has 2 rings (SSSR count). The molecule has 0 radical (unpaired) electrons. The molecular formula is C15H21NO2. The van der Waals surface area contributed by atoms with E-state index in [1.807, 2.05) is 18.2 Å². The molecule has 0 saturated carbocycles. The van der Waals surface area contributed by atoms with Gasteiger partial charge in [-0.25, -0.2) is 0 Å². The standard InChI is InChI=1S/C15H21NO2/c1-11(2)12(9-17)7-16-8-13-10-18-15-6-4-3-5-14(13)15/h3-6,10-12,16-17H,7-9H2,1-2H3. The first-order valence-electron chi connectivity index (χ1n) is 6.49. The number of hydrogen-bond donors (Lipinski definition) is 2. The Hall–Kier alpha value is -1.32. The van der Waals surface area contributed by atoms with Gasteiger partial charge in [0.25, 0.3) is 0 Å². The number of para-hydroxylation sites is 1. The zero-order valence-corrected chi connectivity index (χ0v) is 11.0. The normalized spacial score (nSPS) is 13.3. The second-order valence-electron chi connectivity index (χ2n) is 5.07. The van der Waals surface area contributed by atoms with Crippen molar-refractivity contribution >= 4 is 11.0 Å². The molecule has 98 valence electrons. The van der Waals surface area contributed by atoms with E-state index in [-0.39, 0.29) is 6.61 Å². The van der Waals surface area contributed by atoms with Gasteiger partial charge in [-0.1, -0.05) is 32.0 Å². The van der Waals surface area contributed by atoms with Crippen molar-refractivity contribution in [2.24, 2.45) is 11.8 Å². The van der Waals surface area contributed by atoms with Crippen LogP contribution in [0.25, 0.3) is 11.0 Å². The largest absolute Gasteiger partial charge is 0.464 e. The van der Waals surface area contributed by atoms with E-state index in [4.69, 9.17) is 4.42 Å². The summed E-state index contributed by atoms with van der Waals surface area (Å²) in [7, 11) is 0. The molecular weight excluding hydrogens is 226 g/mol. The first-order valence-corrected chi connectivity index (χ1v) is 6.49. The van der Waals surface area contributed by atoms with Crippen molar-refractivity contribution in [1.29, 1.82) is 0 Å². The lowest BCUT2D eigenvalue weighted by molar-refractivity contribution is 0.186. The van der Waals surface area contributed by atoms with Gasteiger partial charge in [0.05, 0.1) is 6.26 Å². The number of nitrogens with one attached hydrogen (secondary N) is 1. The lowest BCUT2D eigenvalue weighted by atomic mass is 9.97. The summed E-state index contributed by atoms with van der Waals surface area (Å²) in [5, 5.41) is 13.8. The SMILES string of the molecule is CC(C)C(CO)CNCc1coc2ccccc12. The highest BCUT2D eigenvalue weighted by Gasteiger charge is 2.12. The summed E-state index contributed by atoms with van der Waals surface area (Å²) >= 11 is 0. The molecule has 0 amide bonds. The van der Waals surface area contributed by atoms with Crippen LogP contribution in [0.15, 0.2) is 34.9 Å². The van der Waals surface area contributed by atoms with Gasteiger partial charge in [-0.15, -0.1) is 0 Å². The molecule has 0 fully saturated rings. The Morgan fingerprint density at radius 3 is 2.78 bits per heavy atom. The maximum absolute atomic E-state index is 9.27. The summed E-state index contributed by atoms with van der Waals surface area (Å²) in [6, 6.07) is 8.04. The first kappa shape index (κ1) is 13.1. The number of aliphatic hydroxyl groups is 1. The molecule has 3 heteroatoms. The van der Waals surface area contributed by atoms with Crippen LogP contribution in [0.5, 0.6) is 0 Å². The molecule has 1 aromatic heterocycles. The van der Waals surface area contributed by atoms with Gasteiger partial charge < -0.3 is 14.8 Å². The molecule has 3 nitrogen and oxygen atoms in total. The highest BCUT2D eigenvalue weighted by Crippen LogP contribution is 2.20. The average molecular weight is 247 g/mol. The third-order valence-electron chi connectivity index (χ3n) is 3.46. The number of aliphatic hydroxyl groups excluding tert-OH is 1. The highest BCUT2D eigenvalue weighted by molar-refractivity contribution is 5.80. The van der Waals surface area contributed by atoms with E-state index in [0.29, 0.717) is 11.8 Å². The average Bonchev–Trinajstić information content (AvgIpc) is 2.78. The highest BCUT2D eigenvalue weighted by atomic mass is 16.3. The molecule has 0 aliphatic rings. The van der Waals surface area contributed by atoms with Crippen LogP contribution in [0.3, 0.4) is 0 Å². The summed E-state index contributed by atoms with van der Waals surface area (Å²) in [6.45, 7) is 6.11. The predicted molar refractivity (Wildman–Crippen MR) is 73.3 cm³/mol. The zero-order chi connectivity index (χ0) is 13.0. The predicted octanol–water partition coefficient (Wildman–Crippen LogP) is 2.79. The molecule has 0 spiro atoms. The number of rotatable bonds is 6. The van der Waals surface area contributed by atoms with Crippen molar-refractivity contribution in [2.75, 3.05) is 13.2 Å². The van der Waals surface area contributed by atoms with Gasteiger partial charge in [0.2, 0.25) is 0 Å². The molecule has 1 aromatic carbocycles. The van der Waals surface area contributed by atoms with Crippen molar-refractivity contribution < 1.29 is 9.52 Å². The Morgan fingerprint density at radius 2 is 2.06 bits per heavy atom. The van der Waals surface area contributed by atoms with E-state index in [9.17, 15) is 5.11 Å². The van der Waals surface area contributed by atoms with Crippen molar-refractivity contribution in [3.8, 4) is 0 Å². The summed E-state index contributed by atoms with van der Waals surface area (Å²) in [4.78, 5) is 0. The van der Waals surface area contributed by atoms with Crippen LogP contribution in [0.1, 0.15) is 19.4 Å². The van der Waals surface area contributed by atoms with Crippen molar-refractivity contribution in [3.63, 3.8) is 0 Å². The fraction of sp³-hybridized carbons (Fsp3) is 0.467. The lowest BCUT2D eigenvalue weighted by Gasteiger charge is -2.18. The quantitative estimate of drug-likeness (QED) is 0.825. The Morgan fingerprint density at radius 1 is 1.28 bits per heavy atom. The third-order valence-corrected chi connectivity index (χ3v) is 3.46. The van der Waals surface area contributed by atoms with Crippen LogP contribution in [0, 0.1) is 11.8 Å². The van der Waals surface area contributed by atoms with Crippen LogP contribution >= 0.6 is 0 Å². The van der Waals surface area contributed by atoms with Gasteiger partial charge in [-0.2, -0.15) is 0 Å². The number of hydrogen-bond acceptors (Lipinski definition) is 3. The molecule has 0 aliphatic carbocycles. The van der Waals surface area contributed by atoms with Gasteiger partial charge >= 0.3 is 0 Å². The third kappa shape index (κ3) is 2.92. The van der Waals surface area contributed by atoms with Gasteiger partial charge in [0.1, 0.15) is 5.58 Å². The second-order valence-corrected chi connectivity index (χ2v) is 5.07. The summed E-state index contributed by atoms with van der Waals surface area (Å²) < 4.78 is 5.49. The topological polar surface area (TPSA) is 45.4 Å². The Labute approximate surface area is 108 Å². The van der Waals surface area contributed by atoms with E-state index in [2.05, 4.69) is 25.2 Å². The molecule has 18 heavy (non-hydrogen) atoms. The molecule has 2 aromatic rings. The minimum absolute atomic E-state index is 0.233. The van der Waals surface area contributed by atoms with Gasteiger partial charge in [0.15, 0.2) is 0 Å². The number of fused-ring (bicyclic) bond motifs is 1. The molecule has 0 saturated heterocycles. The van der Waals surface area contributed by atoms with Crippen LogP contribution in [-0.2, 0) is 6.54 Å². The summed E-state index contributed by atoms with van der Waals surface area (Å²) in [6.07, 6.45) is 1.81. The van der Waals surface area contributed by atoms with Crippen molar-refractivity contribution in [1.82, 2.24) is 5.32 Å². The smallest absolute Gasteiger partial charge is 0.134 e. The minimum atomic E-state index is 0.233. The van der Waals surface area contributed by atoms with E-state index >= 15 is 0 Å². The molecule has 2 N–H and O–H groups in total. The van der Waals surface area contributed by atoms with Crippen LogP contribution in [0.4, 0.5) is 0 Å². The van der Waals surface area contributed by atoms with Crippen molar-refractivity contribution in [3.05, 3.63) is 36.1 Å². The minimum Gasteiger partial charge on any atom is -0.464 e. The molecule has 1 atom stereocenters. The van der Waals surface area contributed by atoms with Crippen LogP contribution < -0.4 is 5.32 Å². The van der Waals surface area contributed by atoms with E-state index in [1.54, 1.807) is 6.26 Å². The monoisotopic (exact) mass is 247 g/mol. The van der Waals surface area contributed by atoms with Gasteiger partial charge in [0, 0.05) is 30.6 Å². The number of furan rings is 1. The maximum atomic E-state index is 9.27. The Balaban J connectivity index is 1.94. The maximum Gasteiger partial charge on any atom is 0.134 e. The molecule has 1 heterocycles. The van der Waals surface area contributed by atoms with Crippen molar-refractivity contribution in [2.45, 2.75) is 20.4 Å². The lowest BCUT2D eigenvalue weighted by Crippen LogP contribution is -2.28. The zero-order valence-electron chi connectivity index (χ0n) is 11.0. The van der Waals surface area contributed by atoms with Crippen LogP contribution in [-0.4, -0.2) is 18.3 Å². The Kier molecular flexibility index (Phi) is 4.39. The Bertz CT molecular complexity index is 490. The van der Waals surface area contributed by atoms with Gasteiger partial charge in [-0.3, -0.25) is 0 Å².